The first-order valence-corrected chi connectivity index (χ1v) is 11.1. The predicted octanol–water partition coefficient (Wildman–Crippen LogP) is 4.40. The van der Waals surface area contributed by atoms with E-state index in [1.165, 1.54) is 0 Å². The van der Waals surface area contributed by atoms with Crippen molar-refractivity contribution < 1.29 is 18.4 Å². The van der Waals surface area contributed by atoms with E-state index in [-0.39, 0.29) is 0 Å². The Labute approximate surface area is 185 Å². The van der Waals surface area contributed by atoms with Gasteiger partial charge in [-0.2, -0.15) is 0 Å². The van der Waals surface area contributed by atoms with Gasteiger partial charge < -0.3 is 18.4 Å². The second-order valence-corrected chi connectivity index (χ2v) is 8.74. The average Bonchev–Trinajstić information content (AvgIpc) is 3.29. The standard InChI is InChI=1S/C26H33N2O3/c1-28(2,16-13-27-14-19-29-20-15-27)17-21-30-24-10-8-23(9-11-24)26-25(12-18-31-26)22-6-4-3-5-7-22/h3-12,18H,13-17,19-21H2,1-2H3/q+1. The molecule has 0 aliphatic carbocycles. The summed E-state index contributed by atoms with van der Waals surface area (Å²) in [5.74, 6) is 1.78. The van der Waals surface area contributed by atoms with Crippen molar-refractivity contribution in [3.8, 4) is 28.2 Å². The molecule has 0 spiro atoms. The van der Waals surface area contributed by atoms with Crippen LogP contribution in [0, 0.1) is 0 Å². The van der Waals surface area contributed by atoms with E-state index in [9.17, 15) is 0 Å². The molecule has 2 heterocycles. The number of hydrogen-bond acceptors (Lipinski definition) is 4. The highest BCUT2D eigenvalue weighted by atomic mass is 16.5. The fraction of sp³-hybridized carbons (Fsp3) is 0.385. The van der Waals surface area contributed by atoms with Crippen molar-refractivity contribution in [2.45, 2.75) is 0 Å². The number of ether oxygens (including phenoxy) is 2. The van der Waals surface area contributed by atoms with Gasteiger partial charge in [0.2, 0.25) is 0 Å². The number of furan rings is 1. The Morgan fingerprint density at radius 3 is 2.35 bits per heavy atom. The number of hydrogen-bond donors (Lipinski definition) is 0. The van der Waals surface area contributed by atoms with E-state index in [4.69, 9.17) is 13.9 Å². The Balaban J connectivity index is 1.29. The molecule has 5 nitrogen and oxygen atoms in total. The molecule has 0 saturated carbocycles. The van der Waals surface area contributed by atoms with Gasteiger partial charge in [-0.1, -0.05) is 30.3 Å². The largest absolute Gasteiger partial charge is 0.488 e. The smallest absolute Gasteiger partial charge is 0.141 e. The fourth-order valence-electron chi connectivity index (χ4n) is 3.84. The van der Waals surface area contributed by atoms with Gasteiger partial charge in [0.1, 0.15) is 24.7 Å². The first-order valence-electron chi connectivity index (χ1n) is 11.1. The third-order valence-corrected chi connectivity index (χ3v) is 5.96. The Morgan fingerprint density at radius 2 is 1.61 bits per heavy atom. The van der Waals surface area contributed by atoms with Gasteiger partial charge in [0.25, 0.3) is 0 Å². The fourth-order valence-corrected chi connectivity index (χ4v) is 3.84. The van der Waals surface area contributed by atoms with Gasteiger partial charge in [0.05, 0.1) is 40.1 Å². The quantitative estimate of drug-likeness (QED) is 0.480. The van der Waals surface area contributed by atoms with Gasteiger partial charge in [-0.05, 0) is 35.9 Å². The summed E-state index contributed by atoms with van der Waals surface area (Å²) in [5.41, 5.74) is 3.31. The van der Waals surface area contributed by atoms with Crippen molar-refractivity contribution in [3.05, 3.63) is 66.9 Å². The molecule has 1 aliphatic heterocycles. The van der Waals surface area contributed by atoms with E-state index in [1.54, 1.807) is 6.26 Å². The summed E-state index contributed by atoms with van der Waals surface area (Å²) < 4.78 is 18.2. The minimum absolute atomic E-state index is 0.700. The molecule has 5 heteroatoms. The summed E-state index contributed by atoms with van der Waals surface area (Å²) in [6.07, 6.45) is 1.75. The maximum absolute atomic E-state index is 6.04. The van der Waals surface area contributed by atoms with Crippen LogP contribution < -0.4 is 4.74 Å². The Kier molecular flexibility index (Phi) is 7.07. The molecule has 0 radical (unpaired) electrons. The van der Waals surface area contributed by atoms with Crippen LogP contribution in [-0.4, -0.2) is 76.0 Å². The first kappa shape index (κ1) is 21.6. The van der Waals surface area contributed by atoms with Crippen molar-refractivity contribution in [1.82, 2.24) is 4.90 Å². The number of rotatable bonds is 9. The van der Waals surface area contributed by atoms with Crippen LogP contribution in [0.25, 0.3) is 22.5 Å². The van der Waals surface area contributed by atoms with Crippen LogP contribution in [0.15, 0.2) is 71.3 Å². The number of nitrogens with zero attached hydrogens (tertiary/aromatic N) is 2. The highest BCUT2D eigenvalue weighted by Gasteiger charge is 2.19. The molecule has 0 bridgehead atoms. The van der Waals surface area contributed by atoms with Crippen LogP contribution in [0.2, 0.25) is 0 Å². The third kappa shape index (κ3) is 5.97. The minimum atomic E-state index is 0.700. The zero-order chi connectivity index (χ0) is 21.5. The molecule has 1 fully saturated rings. The number of morpholine rings is 1. The Morgan fingerprint density at radius 1 is 0.871 bits per heavy atom. The van der Waals surface area contributed by atoms with Gasteiger partial charge >= 0.3 is 0 Å². The van der Waals surface area contributed by atoms with E-state index in [0.717, 1.165) is 78.6 Å². The lowest BCUT2D eigenvalue weighted by Crippen LogP contribution is -2.49. The summed E-state index contributed by atoms with van der Waals surface area (Å²) in [4.78, 5) is 2.49. The zero-order valence-electron chi connectivity index (χ0n) is 18.6. The highest BCUT2D eigenvalue weighted by Crippen LogP contribution is 2.33. The first-order chi connectivity index (χ1) is 15.1. The number of likely N-dealkylation sites (N-methyl/N-ethyl adjacent to an activating group) is 1. The predicted molar refractivity (Wildman–Crippen MR) is 124 cm³/mol. The molecule has 0 amide bonds. The van der Waals surface area contributed by atoms with Crippen LogP contribution in [0.5, 0.6) is 5.75 Å². The van der Waals surface area contributed by atoms with Crippen molar-refractivity contribution >= 4 is 0 Å². The second-order valence-electron chi connectivity index (χ2n) is 8.74. The second kappa shape index (κ2) is 10.1. The molecule has 164 valence electrons. The van der Waals surface area contributed by atoms with E-state index < -0.39 is 0 Å². The molecule has 0 N–H and O–H groups in total. The molecule has 4 rings (SSSR count). The van der Waals surface area contributed by atoms with E-state index >= 15 is 0 Å². The molecule has 2 aromatic carbocycles. The Hall–Kier alpha value is -2.60. The van der Waals surface area contributed by atoms with Crippen molar-refractivity contribution in [3.63, 3.8) is 0 Å². The monoisotopic (exact) mass is 421 g/mol. The summed E-state index contributed by atoms with van der Waals surface area (Å²) >= 11 is 0. The third-order valence-electron chi connectivity index (χ3n) is 5.96. The van der Waals surface area contributed by atoms with Gasteiger partial charge in [-0.3, -0.25) is 4.90 Å². The lowest BCUT2D eigenvalue weighted by molar-refractivity contribution is -0.889. The highest BCUT2D eigenvalue weighted by molar-refractivity contribution is 5.79. The van der Waals surface area contributed by atoms with Gasteiger partial charge in [0, 0.05) is 30.8 Å². The summed E-state index contributed by atoms with van der Waals surface area (Å²) in [7, 11) is 4.55. The summed E-state index contributed by atoms with van der Waals surface area (Å²) in [6, 6.07) is 20.5. The molecule has 3 aromatic rings. The molecule has 0 atom stereocenters. The summed E-state index contributed by atoms with van der Waals surface area (Å²) in [6.45, 7) is 7.71. The zero-order valence-corrected chi connectivity index (χ0v) is 18.6. The molecule has 0 unspecified atom stereocenters. The lowest BCUT2D eigenvalue weighted by Gasteiger charge is -2.33. The summed E-state index contributed by atoms with van der Waals surface area (Å²) in [5, 5.41) is 0. The van der Waals surface area contributed by atoms with E-state index in [0.29, 0.717) is 6.61 Å². The Bertz CT molecular complexity index is 929. The van der Waals surface area contributed by atoms with Gasteiger partial charge in [-0.15, -0.1) is 0 Å². The molecular weight excluding hydrogens is 388 g/mol. The van der Waals surface area contributed by atoms with E-state index in [1.807, 2.05) is 36.4 Å². The van der Waals surface area contributed by atoms with Crippen LogP contribution in [0.1, 0.15) is 0 Å². The van der Waals surface area contributed by atoms with Gasteiger partial charge in [0.15, 0.2) is 0 Å². The maximum atomic E-state index is 6.04. The van der Waals surface area contributed by atoms with Crippen molar-refractivity contribution in [2.24, 2.45) is 0 Å². The van der Waals surface area contributed by atoms with Crippen LogP contribution in [0.3, 0.4) is 0 Å². The maximum Gasteiger partial charge on any atom is 0.141 e. The molecule has 1 saturated heterocycles. The molecular formula is C26H33N2O3+. The molecule has 1 aromatic heterocycles. The SMILES string of the molecule is C[N+](C)(CCOc1ccc(-c2occc2-c2ccccc2)cc1)CCN1CCOCC1. The van der Waals surface area contributed by atoms with Gasteiger partial charge in [-0.25, -0.2) is 0 Å². The molecule has 31 heavy (non-hydrogen) atoms. The topological polar surface area (TPSA) is 34.8 Å². The normalized spacial score (nSPS) is 15.2. The van der Waals surface area contributed by atoms with Crippen molar-refractivity contribution in [2.75, 3.05) is 66.6 Å². The minimum Gasteiger partial charge on any atom is -0.488 e. The average molecular weight is 422 g/mol. The van der Waals surface area contributed by atoms with Crippen LogP contribution in [-0.2, 0) is 4.74 Å². The van der Waals surface area contributed by atoms with Crippen LogP contribution >= 0.6 is 0 Å². The molecule has 1 aliphatic rings. The number of quaternary nitrogens is 1. The number of benzene rings is 2. The van der Waals surface area contributed by atoms with E-state index in [2.05, 4.69) is 43.3 Å². The van der Waals surface area contributed by atoms with Crippen molar-refractivity contribution in [1.29, 1.82) is 0 Å². The van der Waals surface area contributed by atoms with Crippen LogP contribution in [0.4, 0.5) is 0 Å². The lowest BCUT2D eigenvalue weighted by atomic mass is 10.0.